The van der Waals surface area contributed by atoms with Crippen molar-refractivity contribution in [1.82, 2.24) is 44.6 Å². The van der Waals surface area contributed by atoms with Crippen molar-refractivity contribution in [3.05, 3.63) is 77.7 Å². The lowest BCUT2D eigenvalue weighted by molar-refractivity contribution is -0.136. The number of aromatic amines is 1. The predicted octanol–water partition coefficient (Wildman–Crippen LogP) is 2.70. The molecule has 6 heterocycles. The van der Waals surface area contributed by atoms with Crippen molar-refractivity contribution in [2.75, 3.05) is 6.54 Å². The minimum absolute atomic E-state index is 0.0366. The number of carbonyl (C=O) groups is 1. The van der Waals surface area contributed by atoms with Crippen LogP contribution in [-0.4, -0.2) is 57.1 Å². The zero-order valence-corrected chi connectivity index (χ0v) is 17.6. The molecule has 176 valence electrons. The second-order valence-corrected chi connectivity index (χ2v) is 7.72. The summed E-state index contributed by atoms with van der Waals surface area (Å²) >= 11 is 0. The fourth-order valence-electron chi connectivity index (χ4n) is 4.14. The first-order chi connectivity index (χ1) is 16.9. The van der Waals surface area contributed by atoms with Crippen molar-refractivity contribution in [2.24, 2.45) is 0 Å². The molecule has 14 heteroatoms. The van der Waals surface area contributed by atoms with Crippen LogP contribution in [0.5, 0.6) is 0 Å². The Morgan fingerprint density at radius 3 is 2.77 bits per heavy atom. The number of aromatic nitrogens is 8. The Morgan fingerprint density at radius 1 is 1.14 bits per heavy atom. The van der Waals surface area contributed by atoms with Crippen LogP contribution in [0.15, 0.2) is 53.6 Å². The molecule has 0 aliphatic carbocycles. The average Bonchev–Trinajstić information content (AvgIpc) is 3.61. The fraction of sp³-hybridized carbons (Fsp3) is 0.190. The van der Waals surface area contributed by atoms with Crippen LogP contribution in [0.4, 0.5) is 13.2 Å². The summed E-state index contributed by atoms with van der Waals surface area (Å²) in [6.45, 7) is 0.220. The van der Waals surface area contributed by atoms with Gasteiger partial charge in [-0.05, 0) is 24.3 Å². The smallest absolute Gasteiger partial charge is 0.409 e. The number of pyridine rings is 1. The molecule has 35 heavy (non-hydrogen) atoms. The van der Waals surface area contributed by atoms with E-state index in [4.69, 9.17) is 4.42 Å². The molecule has 1 atom stereocenters. The Bertz CT molecular complexity index is 1540. The molecule has 5 aromatic rings. The number of carbonyl (C=O) groups excluding carboxylic acids is 1. The van der Waals surface area contributed by atoms with E-state index in [1.807, 2.05) is 0 Å². The Labute approximate surface area is 193 Å². The normalized spacial score (nSPS) is 16.0. The van der Waals surface area contributed by atoms with Gasteiger partial charge in [-0.2, -0.15) is 18.3 Å². The number of fused-ring (bicyclic) bond motifs is 2. The van der Waals surface area contributed by atoms with Gasteiger partial charge in [0.25, 0.3) is 5.89 Å². The van der Waals surface area contributed by atoms with Crippen molar-refractivity contribution < 1.29 is 22.4 Å². The summed E-state index contributed by atoms with van der Waals surface area (Å²) in [6, 6.07) is 4.30. The van der Waals surface area contributed by atoms with Gasteiger partial charge < -0.3 is 14.3 Å². The van der Waals surface area contributed by atoms with E-state index >= 15 is 0 Å². The number of H-pyrrole nitrogens is 1. The number of halogens is 3. The van der Waals surface area contributed by atoms with E-state index in [-0.39, 0.29) is 35.4 Å². The van der Waals surface area contributed by atoms with Gasteiger partial charge in [-0.1, -0.05) is 0 Å². The fourth-order valence-corrected chi connectivity index (χ4v) is 4.14. The van der Waals surface area contributed by atoms with E-state index in [9.17, 15) is 18.0 Å². The third-order valence-corrected chi connectivity index (χ3v) is 5.66. The number of rotatable bonds is 3. The van der Waals surface area contributed by atoms with Crippen molar-refractivity contribution in [1.29, 1.82) is 0 Å². The first kappa shape index (κ1) is 20.9. The van der Waals surface area contributed by atoms with E-state index in [1.165, 1.54) is 42.0 Å². The molecule has 1 aliphatic rings. The van der Waals surface area contributed by atoms with E-state index in [0.29, 0.717) is 12.1 Å². The van der Waals surface area contributed by atoms with Gasteiger partial charge in [-0.25, -0.2) is 19.5 Å². The van der Waals surface area contributed by atoms with Crippen LogP contribution in [0.2, 0.25) is 0 Å². The molecule has 0 bridgehead atoms. The zero-order valence-electron chi connectivity index (χ0n) is 17.6. The van der Waals surface area contributed by atoms with Gasteiger partial charge in [0.15, 0.2) is 0 Å². The number of alkyl halides is 3. The van der Waals surface area contributed by atoms with Gasteiger partial charge in [0.05, 0.1) is 28.8 Å². The van der Waals surface area contributed by atoms with Gasteiger partial charge in [0.1, 0.15) is 6.04 Å². The maximum Gasteiger partial charge on any atom is 0.418 e. The van der Waals surface area contributed by atoms with Gasteiger partial charge >= 0.3 is 18.0 Å². The zero-order chi connectivity index (χ0) is 24.2. The standard InChI is InChI=1S/C21H14F3N9O2/c22-21(23,24)11-3-1-7-33-14(11)9-13(31-33)16-15-12(27-10-28-15)4-8-32(16)20(34)19-30-29-18(35-19)17-25-5-2-6-26-17/h1-3,5-7,9-10,16H,4,8H2,(H,27,28)/t16-/m1/s1. The van der Waals surface area contributed by atoms with Crippen LogP contribution in [0, 0.1) is 0 Å². The largest absolute Gasteiger partial charge is 0.418 e. The van der Waals surface area contributed by atoms with Gasteiger partial charge in [0, 0.05) is 37.3 Å². The quantitative estimate of drug-likeness (QED) is 0.416. The summed E-state index contributed by atoms with van der Waals surface area (Å²) in [7, 11) is 0. The first-order valence-corrected chi connectivity index (χ1v) is 10.4. The van der Waals surface area contributed by atoms with Crippen molar-refractivity contribution in [3.63, 3.8) is 0 Å². The molecule has 1 amide bonds. The van der Waals surface area contributed by atoms with E-state index in [1.54, 1.807) is 6.07 Å². The lowest BCUT2D eigenvalue weighted by Crippen LogP contribution is -2.41. The second kappa shape index (κ2) is 7.72. The highest BCUT2D eigenvalue weighted by Gasteiger charge is 2.39. The van der Waals surface area contributed by atoms with Crippen molar-refractivity contribution in [2.45, 2.75) is 18.6 Å². The molecular weight excluding hydrogens is 467 g/mol. The third kappa shape index (κ3) is 3.50. The number of nitrogens with zero attached hydrogens (tertiary/aromatic N) is 8. The summed E-state index contributed by atoms with van der Waals surface area (Å²) in [4.78, 5) is 30.2. The first-order valence-electron chi connectivity index (χ1n) is 10.4. The van der Waals surface area contributed by atoms with Crippen LogP contribution in [0.1, 0.15) is 39.4 Å². The second-order valence-electron chi connectivity index (χ2n) is 7.72. The summed E-state index contributed by atoms with van der Waals surface area (Å²) in [5.41, 5.74) is 0.489. The minimum Gasteiger partial charge on any atom is -0.409 e. The Hall–Kier alpha value is -4.62. The van der Waals surface area contributed by atoms with Gasteiger partial charge in [-0.15, -0.1) is 10.2 Å². The van der Waals surface area contributed by atoms with Gasteiger partial charge in [-0.3, -0.25) is 4.79 Å². The molecule has 1 aliphatic heterocycles. The molecule has 11 nitrogen and oxygen atoms in total. The molecule has 0 saturated heterocycles. The van der Waals surface area contributed by atoms with Crippen LogP contribution in [-0.2, 0) is 12.6 Å². The van der Waals surface area contributed by atoms with Crippen LogP contribution in [0.3, 0.4) is 0 Å². The van der Waals surface area contributed by atoms with E-state index < -0.39 is 23.7 Å². The highest BCUT2D eigenvalue weighted by atomic mass is 19.4. The lowest BCUT2D eigenvalue weighted by atomic mass is 9.99. The number of amides is 1. The van der Waals surface area contributed by atoms with E-state index in [0.717, 1.165) is 16.3 Å². The highest BCUT2D eigenvalue weighted by molar-refractivity contribution is 5.90. The third-order valence-electron chi connectivity index (χ3n) is 5.66. The monoisotopic (exact) mass is 481 g/mol. The molecule has 0 aromatic carbocycles. The van der Waals surface area contributed by atoms with Crippen LogP contribution < -0.4 is 0 Å². The Balaban J connectivity index is 1.42. The number of hydrogen-bond acceptors (Lipinski definition) is 8. The molecule has 1 N–H and O–H groups in total. The Kier molecular flexibility index (Phi) is 4.62. The molecule has 0 saturated carbocycles. The highest BCUT2D eigenvalue weighted by Crippen LogP contribution is 2.37. The molecular formula is C21H14F3N9O2. The summed E-state index contributed by atoms with van der Waals surface area (Å²) in [6.07, 6.45) is 1.75. The molecule has 5 aromatic heterocycles. The molecule has 6 rings (SSSR count). The number of imidazole rings is 1. The number of nitrogens with one attached hydrogen (secondary N) is 1. The SMILES string of the molecule is O=C(c1nnc(-c2ncccn2)o1)N1CCc2[nH]cnc2[C@H]1c1cc2c(C(F)(F)F)cccn2n1. The lowest BCUT2D eigenvalue weighted by Gasteiger charge is -2.32. The van der Waals surface area contributed by atoms with Crippen LogP contribution >= 0.6 is 0 Å². The predicted molar refractivity (Wildman–Crippen MR) is 111 cm³/mol. The van der Waals surface area contributed by atoms with Crippen molar-refractivity contribution >= 4 is 11.4 Å². The van der Waals surface area contributed by atoms with Gasteiger partial charge in [0.2, 0.25) is 5.82 Å². The molecule has 0 unspecified atom stereocenters. The molecule has 0 spiro atoms. The maximum atomic E-state index is 13.6. The molecule has 0 fully saturated rings. The van der Waals surface area contributed by atoms with E-state index in [2.05, 4.69) is 35.2 Å². The maximum absolute atomic E-state index is 13.6. The Morgan fingerprint density at radius 2 is 1.97 bits per heavy atom. The summed E-state index contributed by atoms with van der Waals surface area (Å²) in [5, 5.41) is 12.0. The summed E-state index contributed by atoms with van der Waals surface area (Å²) < 4.78 is 47.4. The number of hydrogen-bond donors (Lipinski definition) is 1. The molecule has 0 radical (unpaired) electrons. The van der Waals surface area contributed by atoms with Crippen LogP contribution in [0.25, 0.3) is 17.2 Å². The van der Waals surface area contributed by atoms with Crippen molar-refractivity contribution in [3.8, 4) is 11.7 Å². The minimum atomic E-state index is -4.57. The summed E-state index contributed by atoms with van der Waals surface area (Å²) in [5.74, 6) is -0.808. The average molecular weight is 481 g/mol. The topological polar surface area (TPSA) is 131 Å².